The van der Waals surface area contributed by atoms with Crippen molar-refractivity contribution in [2.75, 3.05) is 29.9 Å². The highest BCUT2D eigenvalue weighted by atomic mass is 35.5. The van der Waals surface area contributed by atoms with Crippen molar-refractivity contribution in [1.82, 2.24) is 5.32 Å². The molecular weight excluding hydrogens is 290 g/mol. The molecule has 1 heterocycles. The Morgan fingerprint density at radius 3 is 2.67 bits per heavy atom. The Hall–Kier alpha value is -1.75. The second kappa shape index (κ2) is 5.93. The summed E-state index contributed by atoms with van der Waals surface area (Å²) in [7, 11) is 0. The maximum Gasteiger partial charge on any atom is 0.239 e. The van der Waals surface area contributed by atoms with E-state index in [2.05, 4.69) is 10.6 Å². The summed E-state index contributed by atoms with van der Waals surface area (Å²) in [4.78, 5) is 25.3. The Morgan fingerprint density at radius 1 is 1.38 bits per heavy atom. The van der Waals surface area contributed by atoms with Crippen LogP contribution in [0.4, 0.5) is 11.4 Å². The topological polar surface area (TPSA) is 61.4 Å². The fourth-order valence-electron chi connectivity index (χ4n) is 2.00. The molecule has 0 unspecified atom stereocenters. The number of nitrogens with zero attached hydrogens (tertiary/aromatic N) is 1. The number of benzene rings is 1. The van der Waals surface area contributed by atoms with Gasteiger partial charge in [-0.25, -0.2) is 0 Å². The van der Waals surface area contributed by atoms with Gasteiger partial charge in [0.1, 0.15) is 0 Å². The van der Waals surface area contributed by atoms with Crippen LogP contribution in [0.25, 0.3) is 0 Å². The standard InChI is InChI=1S/C15H20ClN3O2/c1-15(2,3)14(21)18-10-4-5-12(11(16)8-10)19-7-6-17-13(20)9-19/h4-5,8H,6-7,9H2,1-3H3,(H,17,20)(H,18,21). The van der Waals surface area contributed by atoms with Gasteiger partial charge in [0.15, 0.2) is 0 Å². The van der Waals surface area contributed by atoms with Gasteiger partial charge in [0.25, 0.3) is 0 Å². The highest BCUT2D eigenvalue weighted by Crippen LogP contribution is 2.30. The Kier molecular flexibility index (Phi) is 4.42. The lowest BCUT2D eigenvalue weighted by Crippen LogP contribution is -2.47. The zero-order chi connectivity index (χ0) is 15.6. The molecule has 0 aliphatic carbocycles. The summed E-state index contributed by atoms with van der Waals surface area (Å²) < 4.78 is 0. The first-order chi connectivity index (χ1) is 9.77. The van der Waals surface area contributed by atoms with E-state index in [1.807, 2.05) is 31.7 Å². The van der Waals surface area contributed by atoms with Crippen molar-refractivity contribution in [3.63, 3.8) is 0 Å². The fraction of sp³-hybridized carbons (Fsp3) is 0.467. The van der Waals surface area contributed by atoms with Crippen molar-refractivity contribution in [3.8, 4) is 0 Å². The van der Waals surface area contributed by atoms with E-state index >= 15 is 0 Å². The van der Waals surface area contributed by atoms with Crippen molar-refractivity contribution in [1.29, 1.82) is 0 Å². The van der Waals surface area contributed by atoms with Gasteiger partial charge in [-0.2, -0.15) is 0 Å². The van der Waals surface area contributed by atoms with Crippen LogP contribution in [0.5, 0.6) is 0 Å². The summed E-state index contributed by atoms with van der Waals surface area (Å²) in [5.41, 5.74) is 1.00. The summed E-state index contributed by atoms with van der Waals surface area (Å²) in [5.74, 6) is -0.0777. The quantitative estimate of drug-likeness (QED) is 0.881. The molecule has 0 spiro atoms. The highest BCUT2D eigenvalue weighted by molar-refractivity contribution is 6.33. The summed E-state index contributed by atoms with van der Waals surface area (Å²) in [6, 6.07) is 5.35. The summed E-state index contributed by atoms with van der Waals surface area (Å²) >= 11 is 6.28. The summed E-state index contributed by atoms with van der Waals surface area (Å²) in [6.07, 6.45) is 0. The molecule has 1 aromatic carbocycles. The van der Waals surface area contributed by atoms with E-state index in [1.165, 1.54) is 0 Å². The van der Waals surface area contributed by atoms with Crippen molar-refractivity contribution >= 4 is 34.8 Å². The molecule has 1 aromatic rings. The van der Waals surface area contributed by atoms with E-state index in [1.54, 1.807) is 12.1 Å². The average molecular weight is 310 g/mol. The Balaban J connectivity index is 2.14. The van der Waals surface area contributed by atoms with Crippen LogP contribution in [0.15, 0.2) is 18.2 Å². The molecule has 1 aliphatic rings. The molecule has 5 nitrogen and oxygen atoms in total. The van der Waals surface area contributed by atoms with Crippen LogP contribution < -0.4 is 15.5 Å². The molecule has 6 heteroatoms. The van der Waals surface area contributed by atoms with Crippen LogP contribution in [0, 0.1) is 5.41 Å². The number of piperazine rings is 1. The number of hydrogen-bond donors (Lipinski definition) is 2. The second-order valence-electron chi connectivity index (χ2n) is 6.14. The van der Waals surface area contributed by atoms with Gasteiger partial charge in [0.05, 0.1) is 17.3 Å². The third-order valence-electron chi connectivity index (χ3n) is 3.27. The monoisotopic (exact) mass is 309 g/mol. The molecular formula is C15H20ClN3O2. The number of halogens is 1. The van der Waals surface area contributed by atoms with Crippen LogP contribution >= 0.6 is 11.6 Å². The first-order valence-corrected chi connectivity index (χ1v) is 7.28. The number of carbonyl (C=O) groups excluding carboxylic acids is 2. The van der Waals surface area contributed by atoms with E-state index in [4.69, 9.17) is 11.6 Å². The molecule has 2 rings (SSSR count). The Morgan fingerprint density at radius 2 is 2.10 bits per heavy atom. The number of nitrogens with one attached hydrogen (secondary N) is 2. The number of rotatable bonds is 2. The molecule has 0 aromatic heterocycles. The maximum atomic E-state index is 12.0. The normalized spacial score (nSPS) is 15.6. The zero-order valence-electron chi connectivity index (χ0n) is 12.5. The van der Waals surface area contributed by atoms with Gasteiger partial charge in [-0.15, -0.1) is 0 Å². The van der Waals surface area contributed by atoms with Crippen molar-refractivity contribution < 1.29 is 9.59 Å². The van der Waals surface area contributed by atoms with Crippen LogP contribution in [-0.4, -0.2) is 31.4 Å². The number of carbonyl (C=O) groups is 2. The maximum absolute atomic E-state index is 12.0. The van der Waals surface area contributed by atoms with Crippen molar-refractivity contribution in [2.24, 2.45) is 5.41 Å². The average Bonchev–Trinajstić information content (AvgIpc) is 2.37. The molecule has 0 saturated carbocycles. The first kappa shape index (κ1) is 15.6. The third-order valence-corrected chi connectivity index (χ3v) is 3.57. The summed E-state index contributed by atoms with van der Waals surface area (Å²) in [5, 5.41) is 6.14. The van der Waals surface area contributed by atoms with E-state index in [0.29, 0.717) is 23.8 Å². The van der Waals surface area contributed by atoms with Crippen LogP contribution in [0.3, 0.4) is 0 Å². The third kappa shape index (κ3) is 3.88. The van der Waals surface area contributed by atoms with E-state index in [-0.39, 0.29) is 11.8 Å². The van der Waals surface area contributed by atoms with Crippen molar-refractivity contribution in [2.45, 2.75) is 20.8 Å². The molecule has 0 atom stereocenters. The van der Waals surface area contributed by atoms with Gasteiger partial charge in [-0.05, 0) is 18.2 Å². The van der Waals surface area contributed by atoms with Gasteiger partial charge in [0, 0.05) is 24.2 Å². The molecule has 0 radical (unpaired) electrons. The number of anilines is 2. The fourth-order valence-corrected chi connectivity index (χ4v) is 2.30. The van der Waals surface area contributed by atoms with E-state index in [9.17, 15) is 9.59 Å². The van der Waals surface area contributed by atoms with E-state index < -0.39 is 5.41 Å². The van der Waals surface area contributed by atoms with Gasteiger partial charge in [-0.3, -0.25) is 9.59 Å². The minimum atomic E-state index is -0.462. The van der Waals surface area contributed by atoms with Crippen LogP contribution in [-0.2, 0) is 9.59 Å². The molecule has 1 saturated heterocycles. The van der Waals surface area contributed by atoms with Crippen LogP contribution in [0.2, 0.25) is 5.02 Å². The van der Waals surface area contributed by atoms with Crippen LogP contribution in [0.1, 0.15) is 20.8 Å². The first-order valence-electron chi connectivity index (χ1n) is 6.90. The number of amides is 2. The van der Waals surface area contributed by atoms with Gasteiger partial charge in [0.2, 0.25) is 11.8 Å². The van der Waals surface area contributed by atoms with E-state index in [0.717, 1.165) is 12.2 Å². The minimum absolute atomic E-state index is 0.0116. The lowest BCUT2D eigenvalue weighted by atomic mass is 9.95. The number of hydrogen-bond acceptors (Lipinski definition) is 3. The molecule has 1 aliphatic heterocycles. The SMILES string of the molecule is CC(C)(C)C(=O)Nc1ccc(N2CCNC(=O)C2)c(Cl)c1. The minimum Gasteiger partial charge on any atom is -0.359 e. The van der Waals surface area contributed by atoms with Gasteiger partial charge in [-0.1, -0.05) is 32.4 Å². The molecule has 2 N–H and O–H groups in total. The lowest BCUT2D eigenvalue weighted by Gasteiger charge is -2.29. The smallest absolute Gasteiger partial charge is 0.239 e. The zero-order valence-corrected chi connectivity index (χ0v) is 13.3. The molecule has 21 heavy (non-hydrogen) atoms. The molecule has 2 amide bonds. The Labute approximate surface area is 129 Å². The lowest BCUT2D eigenvalue weighted by molar-refractivity contribution is -0.123. The van der Waals surface area contributed by atoms with Crippen molar-refractivity contribution in [3.05, 3.63) is 23.2 Å². The predicted octanol–water partition coefficient (Wildman–Crippen LogP) is 2.26. The second-order valence-corrected chi connectivity index (χ2v) is 6.55. The Bertz CT molecular complexity index is 567. The predicted molar refractivity (Wildman–Crippen MR) is 84.8 cm³/mol. The molecule has 0 bridgehead atoms. The highest BCUT2D eigenvalue weighted by Gasteiger charge is 2.22. The molecule has 1 fully saturated rings. The summed E-state index contributed by atoms with van der Waals surface area (Å²) in [6.45, 7) is 7.18. The van der Waals surface area contributed by atoms with Gasteiger partial charge >= 0.3 is 0 Å². The van der Waals surface area contributed by atoms with Gasteiger partial charge < -0.3 is 15.5 Å². The largest absolute Gasteiger partial charge is 0.359 e. The molecule has 114 valence electrons.